The van der Waals surface area contributed by atoms with Crippen molar-refractivity contribution < 1.29 is 18.4 Å². The molecule has 0 radical (unpaired) electrons. The van der Waals surface area contributed by atoms with Crippen LogP contribution in [0.25, 0.3) is 0 Å². The van der Waals surface area contributed by atoms with E-state index in [0.29, 0.717) is 13.1 Å². The molecule has 7 heteroatoms. The highest BCUT2D eigenvalue weighted by Gasteiger charge is 2.14. The number of rotatable bonds is 7. The van der Waals surface area contributed by atoms with Gasteiger partial charge in [0.1, 0.15) is 17.3 Å². The number of likely N-dealkylation sites (N-methyl/N-ethyl adjacent to an activating group) is 1. The number of amides is 2. The average Bonchev–Trinajstić information content (AvgIpc) is 2.42. The number of para-hydroxylation sites is 1. The lowest BCUT2D eigenvalue weighted by molar-refractivity contribution is -0.129. The van der Waals surface area contributed by atoms with Gasteiger partial charge >= 0.3 is 0 Å². The van der Waals surface area contributed by atoms with Crippen LogP contribution >= 0.6 is 0 Å². The molecule has 0 fully saturated rings. The summed E-state index contributed by atoms with van der Waals surface area (Å²) >= 11 is 0. The van der Waals surface area contributed by atoms with Crippen molar-refractivity contribution in [1.82, 2.24) is 9.80 Å². The van der Waals surface area contributed by atoms with Crippen molar-refractivity contribution in [1.29, 1.82) is 0 Å². The molecule has 0 atom stereocenters. The molecule has 1 N–H and O–H groups in total. The average molecular weight is 313 g/mol. The van der Waals surface area contributed by atoms with Crippen LogP contribution in [0.4, 0.5) is 14.5 Å². The number of carbonyl (C=O) groups is 2. The van der Waals surface area contributed by atoms with Crippen LogP contribution in [0, 0.1) is 11.6 Å². The van der Waals surface area contributed by atoms with E-state index in [9.17, 15) is 18.4 Å². The summed E-state index contributed by atoms with van der Waals surface area (Å²) in [6.45, 7) is 2.78. The van der Waals surface area contributed by atoms with E-state index >= 15 is 0 Å². The van der Waals surface area contributed by atoms with Crippen molar-refractivity contribution in [3.8, 4) is 0 Å². The molecule has 1 aromatic rings. The first-order valence-electron chi connectivity index (χ1n) is 6.95. The van der Waals surface area contributed by atoms with E-state index in [1.165, 1.54) is 17.9 Å². The molecular formula is C15H21F2N3O2. The van der Waals surface area contributed by atoms with E-state index in [1.54, 1.807) is 0 Å². The lowest BCUT2D eigenvalue weighted by Crippen LogP contribution is -2.37. The third kappa shape index (κ3) is 5.77. The molecule has 5 nitrogen and oxygen atoms in total. The number of anilines is 1. The Kier molecular flexibility index (Phi) is 6.91. The molecule has 0 saturated carbocycles. The molecule has 22 heavy (non-hydrogen) atoms. The van der Waals surface area contributed by atoms with Crippen LogP contribution in [0.15, 0.2) is 18.2 Å². The Hall–Kier alpha value is -2.02. The van der Waals surface area contributed by atoms with Gasteiger partial charge in [-0.1, -0.05) is 6.07 Å². The van der Waals surface area contributed by atoms with Crippen LogP contribution in [0.1, 0.15) is 13.3 Å². The van der Waals surface area contributed by atoms with Crippen molar-refractivity contribution in [2.45, 2.75) is 13.3 Å². The van der Waals surface area contributed by atoms with Crippen LogP contribution < -0.4 is 5.32 Å². The van der Waals surface area contributed by atoms with Crippen LogP contribution in [-0.4, -0.2) is 55.3 Å². The summed E-state index contributed by atoms with van der Waals surface area (Å²) in [6, 6.07) is 3.36. The highest BCUT2D eigenvalue weighted by atomic mass is 19.1. The third-order valence-corrected chi connectivity index (χ3v) is 3.10. The summed E-state index contributed by atoms with van der Waals surface area (Å²) in [5, 5.41) is 2.20. The van der Waals surface area contributed by atoms with Gasteiger partial charge in [-0.25, -0.2) is 8.78 Å². The molecule has 0 aliphatic carbocycles. The molecule has 0 aliphatic rings. The number of nitrogens with zero attached hydrogens (tertiary/aromatic N) is 2. The fourth-order valence-corrected chi connectivity index (χ4v) is 1.80. The Bertz CT molecular complexity index is 515. The zero-order chi connectivity index (χ0) is 16.7. The third-order valence-electron chi connectivity index (χ3n) is 3.10. The first-order chi connectivity index (χ1) is 10.3. The van der Waals surface area contributed by atoms with Gasteiger partial charge in [0.25, 0.3) is 0 Å². The summed E-state index contributed by atoms with van der Waals surface area (Å²) in [6.07, 6.45) is -0.0270. The number of nitrogens with one attached hydrogen (secondary N) is 1. The van der Waals surface area contributed by atoms with Gasteiger partial charge in [0, 0.05) is 33.0 Å². The molecule has 0 heterocycles. The molecule has 122 valence electrons. The zero-order valence-corrected chi connectivity index (χ0v) is 13.0. The van der Waals surface area contributed by atoms with E-state index < -0.39 is 23.2 Å². The first-order valence-corrected chi connectivity index (χ1v) is 6.95. The number of halogens is 2. The molecule has 0 spiro atoms. The van der Waals surface area contributed by atoms with Crippen molar-refractivity contribution in [2.24, 2.45) is 0 Å². The van der Waals surface area contributed by atoms with Crippen LogP contribution in [0.3, 0.4) is 0 Å². The molecule has 0 saturated heterocycles. The lowest BCUT2D eigenvalue weighted by atomic mass is 10.2. The monoisotopic (exact) mass is 313 g/mol. The standard InChI is InChI=1S/C15H21F2N3O2/c1-11(21)20(10-9-19(2)3)8-7-14(22)18-15-12(16)5-4-6-13(15)17/h4-6H,7-10H2,1-3H3,(H,18,22). The van der Waals surface area contributed by atoms with Gasteiger partial charge in [0.05, 0.1) is 0 Å². The number of benzene rings is 1. The van der Waals surface area contributed by atoms with Gasteiger partial charge in [-0.2, -0.15) is 0 Å². The minimum atomic E-state index is -0.829. The van der Waals surface area contributed by atoms with Gasteiger partial charge in [0.15, 0.2) is 0 Å². The van der Waals surface area contributed by atoms with E-state index in [-0.39, 0.29) is 18.9 Å². The van der Waals surface area contributed by atoms with Gasteiger partial charge in [-0.3, -0.25) is 9.59 Å². The van der Waals surface area contributed by atoms with Crippen molar-refractivity contribution in [3.05, 3.63) is 29.8 Å². The van der Waals surface area contributed by atoms with Crippen molar-refractivity contribution in [2.75, 3.05) is 39.0 Å². The van der Waals surface area contributed by atoms with E-state index in [2.05, 4.69) is 5.32 Å². The Labute approximate surface area is 128 Å². The SMILES string of the molecule is CC(=O)N(CCC(=O)Nc1c(F)cccc1F)CCN(C)C. The second kappa shape index (κ2) is 8.43. The van der Waals surface area contributed by atoms with Crippen molar-refractivity contribution in [3.63, 3.8) is 0 Å². The normalized spacial score (nSPS) is 10.6. The molecule has 0 bridgehead atoms. The van der Waals surface area contributed by atoms with E-state index in [1.807, 2.05) is 19.0 Å². The van der Waals surface area contributed by atoms with Crippen LogP contribution in [-0.2, 0) is 9.59 Å². The van der Waals surface area contributed by atoms with Gasteiger partial charge in [-0.05, 0) is 26.2 Å². The molecular weight excluding hydrogens is 292 g/mol. The molecule has 0 unspecified atom stereocenters. The van der Waals surface area contributed by atoms with E-state index in [4.69, 9.17) is 0 Å². The largest absolute Gasteiger partial charge is 0.341 e. The van der Waals surface area contributed by atoms with Gasteiger partial charge in [-0.15, -0.1) is 0 Å². The minimum Gasteiger partial charge on any atom is -0.341 e. The first kappa shape index (κ1) is 18.0. The lowest BCUT2D eigenvalue weighted by Gasteiger charge is -2.22. The summed E-state index contributed by atoms with van der Waals surface area (Å²) in [5.41, 5.74) is -0.463. The summed E-state index contributed by atoms with van der Waals surface area (Å²) in [5.74, 6) is -2.35. The smallest absolute Gasteiger partial charge is 0.226 e. The maximum atomic E-state index is 13.4. The fourth-order valence-electron chi connectivity index (χ4n) is 1.80. The number of hydrogen-bond donors (Lipinski definition) is 1. The Morgan fingerprint density at radius 2 is 1.68 bits per heavy atom. The Balaban J connectivity index is 2.55. The molecule has 0 aromatic heterocycles. The van der Waals surface area contributed by atoms with Crippen molar-refractivity contribution >= 4 is 17.5 Å². The minimum absolute atomic E-state index is 0.0270. The topological polar surface area (TPSA) is 52.7 Å². The van der Waals surface area contributed by atoms with Gasteiger partial charge < -0.3 is 15.1 Å². The highest BCUT2D eigenvalue weighted by molar-refractivity contribution is 5.91. The zero-order valence-electron chi connectivity index (χ0n) is 13.0. The number of carbonyl (C=O) groups excluding carboxylic acids is 2. The predicted octanol–water partition coefficient (Wildman–Crippen LogP) is 1.70. The second-order valence-electron chi connectivity index (χ2n) is 5.20. The predicted molar refractivity (Wildman–Crippen MR) is 80.4 cm³/mol. The summed E-state index contributed by atoms with van der Waals surface area (Å²) in [4.78, 5) is 26.7. The maximum absolute atomic E-state index is 13.4. The summed E-state index contributed by atoms with van der Waals surface area (Å²) in [7, 11) is 3.76. The fraction of sp³-hybridized carbons (Fsp3) is 0.467. The molecule has 1 aromatic carbocycles. The quantitative estimate of drug-likeness (QED) is 0.834. The Morgan fingerprint density at radius 1 is 1.09 bits per heavy atom. The molecule has 0 aliphatic heterocycles. The van der Waals surface area contributed by atoms with Crippen LogP contribution in [0.5, 0.6) is 0 Å². The highest BCUT2D eigenvalue weighted by Crippen LogP contribution is 2.18. The van der Waals surface area contributed by atoms with Gasteiger partial charge in [0.2, 0.25) is 11.8 Å². The second-order valence-corrected chi connectivity index (χ2v) is 5.20. The summed E-state index contributed by atoms with van der Waals surface area (Å²) < 4.78 is 26.8. The molecule has 1 rings (SSSR count). The van der Waals surface area contributed by atoms with Crippen LogP contribution in [0.2, 0.25) is 0 Å². The Morgan fingerprint density at radius 3 is 2.18 bits per heavy atom. The van der Waals surface area contributed by atoms with E-state index in [0.717, 1.165) is 12.1 Å². The maximum Gasteiger partial charge on any atom is 0.226 e. The molecule has 2 amide bonds. The number of hydrogen-bond acceptors (Lipinski definition) is 3.